The lowest BCUT2D eigenvalue weighted by Gasteiger charge is -2.35. The molecule has 0 spiro atoms. The fraction of sp³-hybridized carbons (Fsp3) is 0.417. The van der Waals surface area contributed by atoms with Crippen LogP contribution < -0.4 is 25.4 Å². The lowest BCUT2D eigenvalue weighted by Crippen LogP contribution is -2.51. The maximum atomic E-state index is 12.5. The summed E-state index contributed by atoms with van der Waals surface area (Å²) in [4.78, 5) is 61.1. The number of carbonyl (C=O) groups is 3. The number of nitrogens with two attached hydrogens (primary N) is 1. The van der Waals surface area contributed by atoms with Crippen LogP contribution in [0.5, 0.6) is 11.5 Å². The molecule has 1 atom stereocenters. The van der Waals surface area contributed by atoms with Crippen molar-refractivity contribution in [3.8, 4) is 11.5 Å². The highest BCUT2D eigenvalue weighted by Crippen LogP contribution is 2.42. The second-order valence-electron chi connectivity index (χ2n) is 12.4. The van der Waals surface area contributed by atoms with Gasteiger partial charge in [0.25, 0.3) is 11.6 Å². The van der Waals surface area contributed by atoms with Crippen LogP contribution in [-0.2, 0) is 28.6 Å². The number of fused-ring (bicyclic) bond motifs is 1. The molecule has 1 aromatic heterocycles. The van der Waals surface area contributed by atoms with Crippen LogP contribution >= 0.6 is 0 Å². The van der Waals surface area contributed by atoms with Crippen molar-refractivity contribution in [2.45, 2.75) is 38.7 Å². The Hall–Kier alpha value is -5.97. The van der Waals surface area contributed by atoms with Crippen LogP contribution in [0.1, 0.15) is 38.2 Å². The number of esters is 2. The van der Waals surface area contributed by atoms with Crippen molar-refractivity contribution in [1.29, 1.82) is 0 Å². The fourth-order valence-electron chi connectivity index (χ4n) is 6.67. The molecular formula is C36H43N7O10. The van der Waals surface area contributed by atoms with Crippen molar-refractivity contribution in [3.63, 3.8) is 0 Å². The summed E-state index contributed by atoms with van der Waals surface area (Å²) in [6.07, 6.45) is 1.49. The molecule has 282 valence electrons. The average molecular weight is 734 g/mol. The molecule has 2 fully saturated rings. The molecule has 17 heteroatoms. The summed E-state index contributed by atoms with van der Waals surface area (Å²) in [7, 11) is 5.58. The zero-order valence-electron chi connectivity index (χ0n) is 30.5. The van der Waals surface area contributed by atoms with E-state index in [1.165, 1.54) is 32.4 Å². The average Bonchev–Trinajstić information content (AvgIpc) is 3.72. The van der Waals surface area contributed by atoms with E-state index in [4.69, 9.17) is 29.4 Å². The van der Waals surface area contributed by atoms with Crippen LogP contribution in [0.4, 0.5) is 17.5 Å². The number of nitrogen functional groups attached to an aromatic ring is 1. The molecule has 17 nitrogen and oxygen atoms in total. The molecule has 0 bridgehead atoms. The van der Waals surface area contributed by atoms with E-state index in [0.717, 1.165) is 12.8 Å². The summed E-state index contributed by atoms with van der Waals surface area (Å²) in [5, 5.41) is 15.1. The van der Waals surface area contributed by atoms with Crippen molar-refractivity contribution >= 4 is 46.2 Å². The molecule has 0 aliphatic carbocycles. The molecule has 3 aliphatic heterocycles. The molecule has 1 unspecified atom stereocenters. The number of hydrogen-bond acceptors (Lipinski definition) is 15. The Labute approximate surface area is 305 Å². The van der Waals surface area contributed by atoms with E-state index in [1.54, 1.807) is 46.3 Å². The molecule has 0 saturated carbocycles. The van der Waals surface area contributed by atoms with E-state index in [0.29, 0.717) is 78.3 Å². The Bertz CT molecular complexity index is 1930. The van der Waals surface area contributed by atoms with E-state index in [9.17, 15) is 24.5 Å². The quantitative estimate of drug-likeness (QED) is 0.193. The number of amides is 1. The zero-order valence-corrected chi connectivity index (χ0v) is 30.5. The van der Waals surface area contributed by atoms with E-state index in [2.05, 4.69) is 15.3 Å². The molecule has 1 amide bonds. The van der Waals surface area contributed by atoms with Gasteiger partial charge in [-0.05, 0) is 32.8 Å². The third-order valence-electron chi connectivity index (χ3n) is 9.31. The highest BCUT2D eigenvalue weighted by atomic mass is 16.6. The monoisotopic (exact) mass is 733 g/mol. The number of rotatable bonds is 8. The van der Waals surface area contributed by atoms with Gasteiger partial charge in [-0.3, -0.25) is 14.9 Å². The van der Waals surface area contributed by atoms with Crippen LogP contribution in [0.2, 0.25) is 0 Å². The lowest BCUT2D eigenvalue weighted by atomic mass is 9.79. The van der Waals surface area contributed by atoms with Crippen molar-refractivity contribution in [2.24, 2.45) is 0 Å². The van der Waals surface area contributed by atoms with Gasteiger partial charge < -0.3 is 44.5 Å². The number of aromatic nitrogens is 2. The topological polar surface area (TPSA) is 211 Å². The maximum Gasteiger partial charge on any atom is 0.336 e. The number of carbonyl (C=O) groups excluding carboxylic acids is 3. The number of allylic oxidation sites excluding steroid dienone is 2. The number of ether oxygens (including phenoxy) is 5. The summed E-state index contributed by atoms with van der Waals surface area (Å²) in [6, 6.07) is 9.55. The van der Waals surface area contributed by atoms with Gasteiger partial charge in [-0.15, -0.1) is 0 Å². The largest absolute Gasteiger partial charge is 0.493 e. The first kappa shape index (κ1) is 38.3. The first-order chi connectivity index (χ1) is 25.4. The number of anilines is 2. The maximum absolute atomic E-state index is 12.5. The second-order valence-corrected chi connectivity index (χ2v) is 12.4. The number of dihydropyridines is 1. The Morgan fingerprint density at radius 2 is 1.53 bits per heavy atom. The zero-order chi connectivity index (χ0) is 38.4. The molecule has 4 heterocycles. The minimum absolute atomic E-state index is 0.0907. The smallest absolute Gasteiger partial charge is 0.336 e. The molecule has 3 aromatic rings. The predicted molar refractivity (Wildman–Crippen MR) is 193 cm³/mol. The Morgan fingerprint density at radius 3 is 2.08 bits per heavy atom. The minimum atomic E-state index is -0.970. The normalized spacial score (nSPS) is 17.5. The molecule has 3 aliphatic rings. The third kappa shape index (κ3) is 7.94. The van der Waals surface area contributed by atoms with Gasteiger partial charge in [0.05, 0.1) is 55.9 Å². The highest BCUT2D eigenvalue weighted by Gasteiger charge is 2.40. The van der Waals surface area contributed by atoms with Crippen molar-refractivity contribution < 1.29 is 43.0 Å². The van der Waals surface area contributed by atoms with Gasteiger partial charge in [-0.2, -0.15) is 4.98 Å². The predicted octanol–water partition coefficient (Wildman–Crippen LogP) is 3.23. The number of hydrogen-bond donors (Lipinski definition) is 2. The van der Waals surface area contributed by atoms with Crippen molar-refractivity contribution in [2.75, 3.05) is 71.9 Å². The SMILES string of the molecule is COC(=O)C1=C(C)NC(C)=C(C(=O)OC)C1c1ccccc1[N+](=O)[O-].COc1cc2nc(N3CCN(C(=O)C4CCCO4)CC3)nc(N)c2cc1OC. The standard InChI is InChI=1S/C19H25N5O4.C17H18N2O6/c1-26-15-10-12-13(11-16(15)27-2)21-19(22-17(12)20)24-7-5-23(6-8-24)18(25)14-4-3-9-28-14;1-9-13(16(20)24-3)15(14(10(2)18-9)17(21)25-4)11-7-5-6-8-12(11)19(22)23/h10-11,14H,3-9H2,1-2H3,(H2,20,21,22);5-8,15,18H,1-4H3. The van der Waals surface area contributed by atoms with E-state index < -0.39 is 22.8 Å². The summed E-state index contributed by atoms with van der Waals surface area (Å²) in [6.45, 7) is 6.50. The van der Waals surface area contributed by atoms with Gasteiger partial charge in [0.15, 0.2) is 11.5 Å². The second kappa shape index (κ2) is 16.6. The fourth-order valence-corrected chi connectivity index (χ4v) is 6.67. The van der Waals surface area contributed by atoms with Crippen molar-refractivity contribution in [1.82, 2.24) is 20.2 Å². The number of benzene rings is 2. The number of methoxy groups -OCH3 is 4. The molecule has 2 saturated heterocycles. The van der Waals surface area contributed by atoms with Crippen LogP contribution in [0, 0.1) is 10.1 Å². The van der Waals surface area contributed by atoms with Crippen LogP contribution in [-0.4, -0.2) is 105 Å². The molecule has 0 radical (unpaired) electrons. The molecule has 53 heavy (non-hydrogen) atoms. The number of nitro benzene ring substituents is 1. The molecule has 3 N–H and O–H groups in total. The van der Waals surface area contributed by atoms with Crippen LogP contribution in [0.15, 0.2) is 58.9 Å². The Kier molecular flexibility index (Phi) is 12.0. The minimum Gasteiger partial charge on any atom is -0.493 e. The lowest BCUT2D eigenvalue weighted by molar-refractivity contribution is -0.385. The van der Waals surface area contributed by atoms with Crippen LogP contribution in [0.25, 0.3) is 10.9 Å². The number of piperazine rings is 1. The Morgan fingerprint density at radius 1 is 0.925 bits per heavy atom. The van der Waals surface area contributed by atoms with E-state index in [1.807, 2.05) is 9.80 Å². The van der Waals surface area contributed by atoms with Gasteiger partial charge in [-0.25, -0.2) is 14.6 Å². The highest BCUT2D eigenvalue weighted by molar-refractivity contribution is 6.00. The molecule has 6 rings (SSSR count). The van der Waals surface area contributed by atoms with Gasteiger partial charge >= 0.3 is 11.9 Å². The summed E-state index contributed by atoms with van der Waals surface area (Å²) in [5.74, 6) is -0.120. The molecular weight excluding hydrogens is 690 g/mol. The van der Waals surface area contributed by atoms with Gasteiger partial charge in [0, 0.05) is 67.3 Å². The molecule has 2 aromatic carbocycles. The first-order valence-electron chi connectivity index (χ1n) is 16.9. The summed E-state index contributed by atoms with van der Waals surface area (Å²) >= 11 is 0. The van der Waals surface area contributed by atoms with Crippen LogP contribution in [0.3, 0.4) is 0 Å². The number of nitrogens with zero attached hydrogens (tertiary/aromatic N) is 5. The first-order valence-corrected chi connectivity index (χ1v) is 16.9. The number of nitrogens with one attached hydrogen (secondary N) is 1. The van der Waals surface area contributed by atoms with E-state index >= 15 is 0 Å². The van der Waals surface area contributed by atoms with Gasteiger partial charge in [-0.1, -0.05) is 18.2 Å². The Balaban J connectivity index is 0.000000206. The summed E-state index contributed by atoms with van der Waals surface area (Å²) in [5.41, 5.74) is 8.07. The van der Waals surface area contributed by atoms with E-state index in [-0.39, 0.29) is 34.4 Å². The number of para-hydroxylation sites is 1. The van der Waals surface area contributed by atoms with Crippen molar-refractivity contribution in [3.05, 3.63) is 74.6 Å². The van der Waals surface area contributed by atoms with Gasteiger partial charge in [0.2, 0.25) is 5.95 Å². The number of nitro groups is 1. The van der Waals surface area contributed by atoms with Gasteiger partial charge in [0.1, 0.15) is 11.9 Å². The summed E-state index contributed by atoms with van der Waals surface area (Å²) < 4.78 is 25.9. The third-order valence-corrected chi connectivity index (χ3v) is 9.31.